The number of hydrogen-bond acceptors (Lipinski definition) is 5. The van der Waals surface area contributed by atoms with E-state index in [-0.39, 0.29) is 17.9 Å². The van der Waals surface area contributed by atoms with Crippen molar-refractivity contribution in [1.82, 2.24) is 15.6 Å². The summed E-state index contributed by atoms with van der Waals surface area (Å²) < 4.78 is 5.82. The highest BCUT2D eigenvalue weighted by atomic mass is 35.5. The number of amides is 2. The van der Waals surface area contributed by atoms with Crippen LogP contribution in [0.2, 0.25) is 5.02 Å². The number of halogens is 1. The molecular formula is C29H33ClN4O3. The van der Waals surface area contributed by atoms with Crippen molar-refractivity contribution in [2.45, 2.75) is 44.6 Å². The molecule has 0 bridgehead atoms. The van der Waals surface area contributed by atoms with Gasteiger partial charge in [-0.15, -0.1) is 0 Å². The van der Waals surface area contributed by atoms with E-state index in [1.165, 1.54) is 12.6 Å². The second-order valence-electron chi connectivity index (χ2n) is 9.18. The highest BCUT2D eigenvalue weighted by molar-refractivity contribution is 6.30. The predicted molar refractivity (Wildman–Crippen MR) is 147 cm³/mol. The van der Waals surface area contributed by atoms with Gasteiger partial charge in [-0.3, -0.25) is 14.5 Å². The smallest absolute Gasteiger partial charge is 0.257 e. The molecule has 2 amide bonds. The minimum atomic E-state index is -0.249. The molecular weight excluding hydrogens is 488 g/mol. The summed E-state index contributed by atoms with van der Waals surface area (Å²) in [5.74, 6) is 1.03. The lowest BCUT2D eigenvalue weighted by molar-refractivity contribution is -0.127. The zero-order valence-corrected chi connectivity index (χ0v) is 21.6. The maximum atomic E-state index is 13.1. The fourth-order valence-electron chi connectivity index (χ4n) is 4.52. The molecule has 1 saturated heterocycles. The maximum Gasteiger partial charge on any atom is 0.257 e. The molecule has 8 heteroatoms. The van der Waals surface area contributed by atoms with Crippen LogP contribution >= 0.6 is 11.6 Å². The first kappa shape index (κ1) is 26.6. The van der Waals surface area contributed by atoms with Crippen molar-refractivity contribution in [2.75, 3.05) is 19.6 Å². The number of likely N-dealkylation sites (tertiary alicyclic amines) is 1. The first-order chi connectivity index (χ1) is 18.1. The highest BCUT2D eigenvalue weighted by Gasteiger charge is 2.26. The van der Waals surface area contributed by atoms with E-state index in [2.05, 4.69) is 20.7 Å². The number of rotatable bonds is 11. The topological polar surface area (TPSA) is 86.9 Å². The van der Waals surface area contributed by atoms with Crippen LogP contribution in [0.5, 0.6) is 0 Å². The van der Waals surface area contributed by atoms with Gasteiger partial charge in [0.25, 0.3) is 11.8 Å². The standard InChI is InChI=1S/C29H33ClN4O3/c30-24-13-9-12-23(20-24)27-16-15-25(37-27)21-32-33-29(36)26(34-18-7-2-8-19-34)14-5-6-17-31-28(35)22-10-3-1-4-11-22/h1,3-4,9-13,15-16,20-21,26H,2,5-8,14,17-19H2,(H,31,35)(H,33,36). The molecule has 2 N–H and O–H groups in total. The van der Waals surface area contributed by atoms with Gasteiger partial charge in [-0.1, -0.05) is 48.4 Å². The van der Waals surface area contributed by atoms with Crippen molar-refractivity contribution in [1.29, 1.82) is 0 Å². The van der Waals surface area contributed by atoms with Crippen molar-refractivity contribution < 1.29 is 14.0 Å². The third-order valence-corrected chi connectivity index (χ3v) is 6.70. The molecule has 0 aliphatic carbocycles. The molecule has 1 aliphatic rings. The van der Waals surface area contributed by atoms with Gasteiger partial charge in [0.15, 0.2) is 0 Å². The largest absolute Gasteiger partial charge is 0.455 e. The molecule has 2 aromatic carbocycles. The Balaban J connectivity index is 1.27. The molecule has 1 fully saturated rings. The SMILES string of the molecule is O=C(NCCCCC(C(=O)NN=Cc1ccc(-c2cccc(Cl)c2)o1)N1CCCCC1)c1ccccc1. The van der Waals surface area contributed by atoms with E-state index < -0.39 is 0 Å². The Morgan fingerprint density at radius 1 is 1.00 bits per heavy atom. The molecule has 194 valence electrons. The van der Waals surface area contributed by atoms with Gasteiger partial charge in [0.05, 0.1) is 12.3 Å². The quantitative estimate of drug-likeness (QED) is 0.198. The van der Waals surface area contributed by atoms with E-state index in [1.54, 1.807) is 18.2 Å². The molecule has 3 aromatic rings. The number of hydrogen-bond donors (Lipinski definition) is 2. The fourth-order valence-corrected chi connectivity index (χ4v) is 4.71. The van der Waals surface area contributed by atoms with Crippen LogP contribution in [0.25, 0.3) is 11.3 Å². The summed E-state index contributed by atoms with van der Waals surface area (Å²) in [5, 5.41) is 7.75. The van der Waals surface area contributed by atoms with E-state index in [4.69, 9.17) is 16.0 Å². The van der Waals surface area contributed by atoms with Crippen molar-refractivity contribution in [3.8, 4) is 11.3 Å². The van der Waals surface area contributed by atoms with Crippen LogP contribution in [-0.2, 0) is 4.79 Å². The van der Waals surface area contributed by atoms with Crippen LogP contribution in [0.1, 0.15) is 54.6 Å². The Bertz CT molecular complexity index is 1190. The van der Waals surface area contributed by atoms with Gasteiger partial charge in [0.2, 0.25) is 0 Å². The minimum absolute atomic E-state index is 0.0725. The van der Waals surface area contributed by atoms with Gasteiger partial charge < -0.3 is 9.73 Å². The van der Waals surface area contributed by atoms with Gasteiger partial charge in [-0.2, -0.15) is 5.10 Å². The molecule has 1 aliphatic heterocycles. The first-order valence-electron chi connectivity index (χ1n) is 12.9. The van der Waals surface area contributed by atoms with E-state index in [0.29, 0.717) is 35.1 Å². The summed E-state index contributed by atoms with van der Waals surface area (Å²) in [6.45, 7) is 2.40. The van der Waals surface area contributed by atoms with Gasteiger partial charge in [0.1, 0.15) is 11.5 Å². The number of nitrogens with one attached hydrogen (secondary N) is 2. The summed E-state index contributed by atoms with van der Waals surface area (Å²) in [6, 6.07) is 20.0. The number of nitrogens with zero attached hydrogens (tertiary/aromatic N) is 2. The third kappa shape index (κ3) is 8.03. The van der Waals surface area contributed by atoms with Gasteiger partial charge in [0, 0.05) is 22.7 Å². The lowest BCUT2D eigenvalue weighted by Gasteiger charge is -2.33. The summed E-state index contributed by atoms with van der Waals surface area (Å²) in [4.78, 5) is 27.5. The number of benzene rings is 2. The Kier molecular flexibility index (Phi) is 9.91. The zero-order chi connectivity index (χ0) is 25.9. The highest BCUT2D eigenvalue weighted by Crippen LogP contribution is 2.24. The normalized spacial score (nSPS) is 14.9. The average Bonchev–Trinajstić information content (AvgIpc) is 3.40. The number of carbonyl (C=O) groups excluding carboxylic acids is 2. The van der Waals surface area contributed by atoms with Gasteiger partial charge in [-0.05, 0) is 81.6 Å². The van der Waals surface area contributed by atoms with Crippen molar-refractivity contribution in [2.24, 2.45) is 5.10 Å². The zero-order valence-electron chi connectivity index (χ0n) is 20.9. The second-order valence-corrected chi connectivity index (χ2v) is 9.61. The number of carbonyl (C=O) groups is 2. The summed E-state index contributed by atoms with van der Waals surface area (Å²) in [5.41, 5.74) is 4.24. The molecule has 0 saturated carbocycles. The Morgan fingerprint density at radius 2 is 1.81 bits per heavy atom. The number of hydrazone groups is 1. The summed E-state index contributed by atoms with van der Waals surface area (Å²) in [7, 11) is 0. The third-order valence-electron chi connectivity index (χ3n) is 6.46. The van der Waals surface area contributed by atoms with Crippen LogP contribution in [0.3, 0.4) is 0 Å². The van der Waals surface area contributed by atoms with Crippen LogP contribution in [-0.4, -0.2) is 48.6 Å². The first-order valence-corrected chi connectivity index (χ1v) is 13.2. The Hall–Kier alpha value is -3.42. The molecule has 1 aromatic heterocycles. The molecule has 4 rings (SSSR count). The summed E-state index contributed by atoms with van der Waals surface area (Å²) >= 11 is 6.07. The van der Waals surface area contributed by atoms with E-state index in [9.17, 15) is 9.59 Å². The van der Waals surface area contributed by atoms with Crippen LogP contribution in [0.15, 0.2) is 76.2 Å². The molecule has 0 radical (unpaired) electrons. The summed E-state index contributed by atoms with van der Waals surface area (Å²) in [6.07, 6.45) is 7.24. The molecule has 37 heavy (non-hydrogen) atoms. The minimum Gasteiger partial charge on any atom is -0.455 e. The van der Waals surface area contributed by atoms with E-state index >= 15 is 0 Å². The van der Waals surface area contributed by atoms with Gasteiger partial charge >= 0.3 is 0 Å². The Labute approximate surface area is 222 Å². The molecule has 0 spiro atoms. The van der Waals surface area contributed by atoms with E-state index in [1.807, 2.05) is 48.5 Å². The van der Waals surface area contributed by atoms with Crippen molar-refractivity contribution in [3.05, 3.63) is 83.1 Å². The van der Waals surface area contributed by atoms with Crippen LogP contribution < -0.4 is 10.7 Å². The lowest BCUT2D eigenvalue weighted by Crippen LogP contribution is -2.47. The molecule has 7 nitrogen and oxygen atoms in total. The molecule has 2 heterocycles. The van der Waals surface area contributed by atoms with Crippen LogP contribution in [0.4, 0.5) is 0 Å². The maximum absolute atomic E-state index is 13.1. The molecule has 1 unspecified atom stereocenters. The van der Waals surface area contributed by atoms with E-state index in [0.717, 1.165) is 44.3 Å². The van der Waals surface area contributed by atoms with Gasteiger partial charge in [-0.25, -0.2) is 5.43 Å². The number of piperidine rings is 1. The second kappa shape index (κ2) is 13.8. The lowest BCUT2D eigenvalue weighted by atomic mass is 10.0. The number of unbranched alkanes of at least 4 members (excludes halogenated alkanes) is 1. The van der Waals surface area contributed by atoms with Crippen molar-refractivity contribution in [3.63, 3.8) is 0 Å². The van der Waals surface area contributed by atoms with Crippen molar-refractivity contribution >= 4 is 29.6 Å². The molecule has 1 atom stereocenters. The Morgan fingerprint density at radius 3 is 2.59 bits per heavy atom. The predicted octanol–water partition coefficient (Wildman–Crippen LogP) is 5.50. The monoisotopic (exact) mass is 520 g/mol. The fraction of sp³-hybridized carbons (Fsp3) is 0.345. The number of furan rings is 1. The van der Waals surface area contributed by atoms with Crippen LogP contribution in [0, 0.1) is 0 Å². The average molecular weight is 521 g/mol.